The van der Waals surface area contributed by atoms with Gasteiger partial charge in [-0.25, -0.2) is 4.39 Å². The predicted octanol–water partition coefficient (Wildman–Crippen LogP) is 2.53. The van der Waals surface area contributed by atoms with Crippen molar-refractivity contribution in [3.63, 3.8) is 0 Å². The summed E-state index contributed by atoms with van der Waals surface area (Å²) in [5.41, 5.74) is 5.56. The van der Waals surface area contributed by atoms with E-state index in [1.165, 1.54) is 12.1 Å². The lowest BCUT2D eigenvalue weighted by Gasteiger charge is -2.04. The van der Waals surface area contributed by atoms with Gasteiger partial charge < -0.3 is 5.73 Å². The smallest absolute Gasteiger partial charge is 0.129 e. The molecule has 0 aliphatic rings. The lowest BCUT2D eigenvalue weighted by atomic mass is 10.1. The highest BCUT2D eigenvalue weighted by molar-refractivity contribution is 9.10. The Morgan fingerprint density at radius 3 is 2.69 bits per heavy atom. The number of benzene rings is 1. The molecule has 0 amide bonds. The molecule has 0 aliphatic carbocycles. The normalized spacial score (nSPS) is 11.2. The van der Waals surface area contributed by atoms with E-state index >= 15 is 0 Å². The molecule has 70 valence electrons. The van der Waals surface area contributed by atoms with E-state index in [1.54, 1.807) is 12.1 Å². The molecule has 0 aliphatic heterocycles. The zero-order chi connectivity index (χ0) is 9.14. The fourth-order valence-corrected chi connectivity index (χ4v) is 1.20. The number of hydrogen-bond donors (Lipinski definition) is 1. The second-order valence-electron chi connectivity index (χ2n) is 2.27. The van der Waals surface area contributed by atoms with E-state index < -0.39 is 11.9 Å². The van der Waals surface area contributed by atoms with E-state index in [0.717, 1.165) is 0 Å². The molecular formula is C8H7BrClFN2. The molecule has 0 heterocycles. The Hall–Kier alpha value is -0.630. The van der Waals surface area contributed by atoms with Gasteiger partial charge >= 0.3 is 0 Å². The summed E-state index contributed by atoms with van der Waals surface area (Å²) in [7, 11) is 0. The summed E-state index contributed by atoms with van der Waals surface area (Å²) >= 11 is 3.16. The minimum Gasteiger partial charge on any atom is -0.312 e. The first-order chi connectivity index (χ1) is 5.65. The SMILES string of the molecule is Cl.N#CC(N)c1cc(Br)ccc1F. The Balaban J connectivity index is 0.00000144. The second kappa shape index (κ2) is 5.18. The maximum absolute atomic E-state index is 13.0. The van der Waals surface area contributed by atoms with E-state index in [-0.39, 0.29) is 18.0 Å². The number of nitrogens with two attached hydrogens (primary N) is 1. The van der Waals surface area contributed by atoms with Crippen molar-refractivity contribution in [3.8, 4) is 6.07 Å². The maximum atomic E-state index is 13.0. The van der Waals surface area contributed by atoms with E-state index in [9.17, 15) is 4.39 Å². The molecule has 0 aromatic heterocycles. The Morgan fingerprint density at radius 1 is 1.54 bits per heavy atom. The lowest BCUT2D eigenvalue weighted by Crippen LogP contribution is -2.09. The molecule has 1 aromatic rings. The van der Waals surface area contributed by atoms with Crippen molar-refractivity contribution in [1.82, 2.24) is 0 Å². The van der Waals surface area contributed by atoms with Gasteiger partial charge in [0.05, 0.1) is 6.07 Å². The van der Waals surface area contributed by atoms with Crippen LogP contribution in [0.4, 0.5) is 4.39 Å². The summed E-state index contributed by atoms with van der Waals surface area (Å²) < 4.78 is 13.7. The predicted molar refractivity (Wildman–Crippen MR) is 53.9 cm³/mol. The number of rotatable bonds is 1. The third kappa shape index (κ3) is 2.96. The highest BCUT2D eigenvalue weighted by atomic mass is 79.9. The standard InChI is InChI=1S/C8H6BrFN2.ClH/c9-5-1-2-7(10)6(3-5)8(12)4-11;/h1-3,8H,12H2;1H. The molecule has 1 rings (SSSR count). The summed E-state index contributed by atoms with van der Waals surface area (Å²) in [5.74, 6) is -0.452. The van der Waals surface area contributed by atoms with Crippen LogP contribution in [-0.2, 0) is 0 Å². The summed E-state index contributed by atoms with van der Waals surface area (Å²) in [6.45, 7) is 0. The molecule has 1 aromatic carbocycles. The van der Waals surface area contributed by atoms with E-state index in [2.05, 4.69) is 15.9 Å². The van der Waals surface area contributed by atoms with Crippen molar-refractivity contribution >= 4 is 28.3 Å². The van der Waals surface area contributed by atoms with Gasteiger partial charge in [0, 0.05) is 10.0 Å². The van der Waals surface area contributed by atoms with Crippen LogP contribution in [0.15, 0.2) is 22.7 Å². The van der Waals surface area contributed by atoms with Crippen LogP contribution in [0.1, 0.15) is 11.6 Å². The molecule has 0 saturated heterocycles. The van der Waals surface area contributed by atoms with Crippen LogP contribution in [0.25, 0.3) is 0 Å². The number of hydrogen-bond acceptors (Lipinski definition) is 2. The molecule has 0 bridgehead atoms. The van der Waals surface area contributed by atoms with Gasteiger partial charge in [0.1, 0.15) is 11.9 Å². The first-order valence-electron chi connectivity index (χ1n) is 3.25. The molecule has 1 atom stereocenters. The van der Waals surface area contributed by atoms with Gasteiger partial charge in [-0.3, -0.25) is 0 Å². The Labute approximate surface area is 90.1 Å². The largest absolute Gasteiger partial charge is 0.312 e. The topological polar surface area (TPSA) is 49.8 Å². The van der Waals surface area contributed by atoms with Gasteiger partial charge in [0.25, 0.3) is 0 Å². The molecule has 0 radical (unpaired) electrons. The molecule has 0 spiro atoms. The van der Waals surface area contributed by atoms with Crippen molar-refractivity contribution in [3.05, 3.63) is 34.1 Å². The fourth-order valence-electron chi connectivity index (χ4n) is 0.822. The van der Waals surface area contributed by atoms with Gasteiger partial charge in [0.15, 0.2) is 0 Å². The van der Waals surface area contributed by atoms with Crippen molar-refractivity contribution in [2.24, 2.45) is 5.73 Å². The highest BCUT2D eigenvalue weighted by Crippen LogP contribution is 2.19. The highest BCUT2D eigenvalue weighted by Gasteiger charge is 2.09. The molecule has 0 fully saturated rings. The van der Waals surface area contributed by atoms with Crippen LogP contribution in [0.5, 0.6) is 0 Å². The summed E-state index contributed by atoms with van der Waals surface area (Å²) in [4.78, 5) is 0. The fraction of sp³-hybridized carbons (Fsp3) is 0.125. The van der Waals surface area contributed by atoms with Crippen LogP contribution in [0.2, 0.25) is 0 Å². The molecule has 5 heteroatoms. The third-order valence-corrected chi connectivity index (χ3v) is 1.93. The van der Waals surface area contributed by atoms with Crippen LogP contribution < -0.4 is 5.73 Å². The molecule has 1 unspecified atom stereocenters. The molecule has 13 heavy (non-hydrogen) atoms. The van der Waals surface area contributed by atoms with Crippen LogP contribution in [0.3, 0.4) is 0 Å². The maximum Gasteiger partial charge on any atom is 0.129 e. The van der Waals surface area contributed by atoms with E-state index in [4.69, 9.17) is 11.0 Å². The van der Waals surface area contributed by atoms with Crippen LogP contribution in [0, 0.1) is 17.1 Å². The van der Waals surface area contributed by atoms with Crippen LogP contribution >= 0.6 is 28.3 Å². The average Bonchev–Trinajstić information content (AvgIpc) is 2.08. The summed E-state index contributed by atoms with van der Waals surface area (Å²) in [6, 6.07) is 5.20. The molecule has 2 N–H and O–H groups in total. The van der Waals surface area contributed by atoms with Gasteiger partial charge in [-0.2, -0.15) is 5.26 Å². The monoisotopic (exact) mass is 264 g/mol. The molecule has 2 nitrogen and oxygen atoms in total. The number of halogens is 3. The molecular weight excluding hydrogens is 258 g/mol. The Bertz CT molecular complexity index is 337. The number of nitriles is 1. The zero-order valence-corrected chi connectivity index (χ0v) is 8.90. The van der Waals surface area contributed by atoms with Crippen LogP contribution in [-0.4, -0.2) is 0 Å². The van der Waals surface area contributed by atoms with Gasteiger partial charge in [0.2, 0.25) is 0 Å². The third-order valence-electron chi connectivity index (χ3n) is 1.43. The first kappa shape index (κ1) is 12.4. The van der Waals surface area contributed by atoms with E-state index in [1.807, 2.05) is 0 Å². The zero-order valence-electron chi connectivity index (χ0n) is 6.50. The second-order valence-corrected chi connectivity index (χ2v) is 3.19. The van der Waals surface area contributed by atoms with Gasteiger partial charge in [-0.05, 0) is 18.2 Å². The minimum absolute atomic E-state index is 0. The van der Waals surface area contributed by atoms with E-state index in [0.29, 0.717) is 4.47 Å². The minimum atomic E-state index is -0.900. The Kier molecular flexibility index (Phi) is 4.92. The molecule has 0 saturated carbocycles. The number of nitrogens with zero attached hydrogens (tertiary/aromatic N) is 1. The quantitative estimate of drug-likeness (QED) is 0.848. The average molecular weight is 266 g/mol. The van der Waals surface area contributed by atoms with Crippen molar-refractivity contribution in [1.29, 1.82) is 5.26 Å². The van der Waals surface area contributed by atoms with Gasteiger partial charge in [-0.15, -0.1) is 12.4 Å². The van der Waals surface area contributed by atoms with Crippen molar-refractivity contribution in [2.75, 3.05) is 0 Å². The lowest BCUT2D eigenvalue weighted by molar-refractivity contribution is 0.603. The first-order valence-corrected chi connectivity index (χ1v) is 4.04. The summed E-state index contributed by atoms with van der Waals surface area (Å²) in [5, 5.41) is 8.45. The van der Waals surface area contributed by atoms with Crippen molar-refractivity contribution in [2.45, 2.75) is 6.04 Å². The van der Waals surface area contributed by atoms with Crippen molar-refractivity contribution < 1.29 is 4.39 Å². The Morgan fingerprint density at radius 2 is 2.15 bits per heavy atom. The van der Waals surface area contributed by atoms with Gasteiger partial charge in [-0.1, -0.05) is 15.9 Å². The summed E-state index contributed by atoms with van der Waals surface area (Å²) in [6.07, 6.45) is 0.